The minimum Gasteiger partial charge on any atom is -0.452 e. The summed E-state index contributed by atoms with van der Waals surface area (Å²) >= 11 is 0. The molecule has 3 aromatic rings. The van der Waals surface area contributed by atoms with Crippen molar-refractivity contribution in [2.75, 3.05) is 37.7 Å². The third-order valence-electron chi connectivity index (χ3n) is 6.75. The Bertz CT molecular complexity index is 1300. The molecule has 0 radical (unpaired) electrons. The van der Waals surface area contributed by atoms with Gasteiger partial charge in [-0.15, -0.1) is 0 Å². The molecule has 0 N–H and O–H groups in total. The van der Waals surface area contributed by atoms with E-state index in [4.69, 9.17) is 4.74 Å². The normalized spacial score (nSPS) is 15.0. The number of halogens is 1. The summed E-state index contributed by atoms with van der Waals surface area (Å²) < 4.78 is 19.8. The Labute approximate surface area is 196 Å². The van der Waals surface area contributed by atoms with Crippen LogP contribution in [0.1, 0.15) is 38.8 Å². The van der Waals surface area contributed by atoms with E-state index in [1.807, 2.05) is 23.1 Å². The van der Waals surface area contributed by atoms with Crippen LogP contribution in [0.15, 0.2) is 48.5 Å². The van der Waals surface area contributed by atoms with Crippen molar-refractivity contribution in [3.05, 3.63) is 76.6 Å². The Kier molecular flexibility index (Phi) is 5.77. The van der Waals surface area contributed by atoms with Gasteiger partial charge >= 0.3 is 5.97 Å². The van der Waals surface area contributed by atoms with Crippen molar-refractivity contribution in [1.29, 1.82) is 0 Å². The number of amides is 1. The van der Waals surface area contributed by atoms with E-state index >= 15 is 0 Å². The maximum Gasteiger partial charge on any atom is 0.339 e. The van der Waals surface area contributed by atoms with Crippen molar-refractivity contribution in [2.24, 2.45) is 0 Å². The molecule has 1 aliphatic heterocycles. The highest BCUT2D eigenvalue weighted by atomic mass is 19.1. The van der Waals surface area contributed by atoms with E-state index in [9.17, 15) is 18.8 Å². The van der Waals surface area contributed by atoms with Gasteiger partial charge < -0.3 is 14.5 Å². The molecule has 0 atom stereocenters. The topological polar surface area (TPSA) is 66.9 Å². The number of esters is 1. The van der Waals surface area contributed by atoms with E-state index in [0.29, 0.717) is 43.0 Å². The summed E-state index contributed by atoms with van der Waals surface area (Å²) in [5.74, 6) is -1.42. The van der Waals surface area contributed by atoms with E-state index in [0.717, 1.165) is 23.6 Å². The van der Waals surface area contributed by atoms with Crippen molar-refractivity contribution >= 4 is 34.1 Å². The molecule has 1 amide bonds. The van der Waals surface area contributed by atoms with Crippen LogP contribution in [0, 0.1) is 5.82 Å². The summed E-state index contributed by atoms with van der Waals surface area (Å²) in [6, 6.07) is 14.2. The lowest BCUT2D eigenvalue weighted by molar-refractivity contribution is -0.134. The number of carbonyl (C=O) groups excluding carboxylic acids is 3. The molecule has 1 fully saturated rings. The molecule has 0 unspecified atom stereocenters. The highest BCUT2D eigenvalue weighted by Gasteiger charge is 2.25. The van der Waals surface area contributed by atoms with Crippen molar-refractivity contribution in [3.63, 3.8) is 0 Å². The molecule has 0 saturated carbocycles. The summed E-state index contributed by atoms with van der Waals surface area (Å²) in [7, 11) is 0. The molecule has 34 heavy (non-hydrogen) atoms. The molecule has 1 aliphatic carbocycles. The standard InChI is InChI=1S/C27H25FN2O4/c1-17(31)20-8-10-24(23(28)15-20)29-11-13-30(14-12-29)25(32)16-34-27(33)22-9-7-19-6-5-18-3-2-4-21(22)26(18)19/h2-4,7-10,15H,5-6,11-14,16H2,1H3. The largest absolute Gasteiger partial charge is 0.452 e. The number of hydrogen-bond donors (Lipinski definition) is 0. The minimum atomic E-state index is -0.504. The second-order valence-corrected chi connectivity index (χ2v) is 8.78. The molecule has 174 valence electrons. The molecule has 3 aromatic carbocycles. The number of benzene rings is 3. The monoisotopic (exact) mass is 460 g/mol. The van der Waals surface area contributed by atoms with Gasteiger partial charge in [-0.05, 0) is 65.9 Å². The van der Waals surface area contributed by atoms with Crippen LogP contribution < -0.4 is 4.90 Å². The second kappa shape index (κ2) is 8.89. The average Bonchev–Trinajstić information content (AvgIpc) is 3.27. The molecule has 1 saturated heterocycles. The lowest BCUT2D eigenvalue weighted by atomic mass is 10.00. The lowest BCUT2D eigenvalue weighted by Gasteiger charge is -2.36. The number of aryl methyl sites for hydroxylation is 2. The number of hydrogen-bond acceptors (Lipinski definition) is 5. The van der Waals surface area contributed by atoms with Gasteiger partial charge in [0.15, 0.2) is 12.4 Å². The minimum absolute atomic E-state index is 0.187. The van der Waals surface area contributed by atoms with Crippen LogP contribution in [0.5, 0.6) is 0 Å². The molecule has 6 nitrogen and oxygen atoms in total. The number of rotatable bonds is 5. The fraction of sp³-hybridized carbons (Fsp3) is 0.296. The Balaban J connectivity index is 1.19. The zero-order valence-corrected chi connectivity index (χ0v) is 19.0. The number of carbonyl (C=O) groups is 3. The SMILES string of the molecule is CC(=O)c1ccc(N2CCN(C(=O)COC(=O)c3ccc4c5c(cccc35)CC4)CC2)c(F)c1. The van der Waals surface area contributed by atoms with Crippen molar-refractivity contribution in [2.45, 2.75) is 19.8 Å². The predicted octanol–water partition coefficient (Wildman–Crippen LogP) is 3.79. The number of ether oxygens (including phenoxy) is 1. The van der Waals surface area contributed by atoms with Gasteiger partial charge in [-0.1, -0.05) is 24.3 Å². The Morgan fingerprint density at radius 3 is 2.38 bits per heavy atom. The third kappa shape index (κ3) is 4.02. The first-order valence-corrected chi connectivity index (χ1v) is 11.5. The molecule has 7 heteroatoms. The summed E-state index contributed by atoms with van der Waals surface area (Å²) in [6.45, 7) is 2.76. The number of anilines is 1. The molecule has 5 rings (SSSR count). The molecule has 1 heterocycles. The van der Waals surface area contributed by atoms with Gasteiger partial charge in [0, 0.05) is 31.7 Å². The summed E-state index contributed by atoms with van der Waals surface area (Å²) in [4.78, 5) is 40.3. The van der Waals surface area contributed by atoms with E-state index in [2.05, 4.69) is 6.07 Å². The van der Waals surface area contributed by atoms with E-state index in [-0.39, 0.29) is 18.3 Å². The summed E-state index contributed by atoms with van der Waals surface area (Å²) in [5, 5.41) is 2.00. The maximum absolute atomic E-state index is 14.5. The maximum atomic E-state index is 14.5. The van der Waals surface area contributed by atoms with Crippen LogP contribution in [0.4, 0.5) is 10.1 Å². The van der Waals surface area contributed by atoms with Crippen LogP contribution in [0.3, 0.4) is 0 Å². The number of nitrogens with zero attached hydrogens (tertiary/aromatic N) is 2. The zero-order chi connectivity index (χ0) is 23.8. The van der Waals surface area contributed by atoms with Gasteiger partial charge in [0.2, 0.25) is 0 Å². The van der Waals surface area contributed by atoms with Gasteiger partial charge in [-0.3, -0.25) is 9.59 Å². The fourth-order valence-electron chi connectivity index (χ4n) is 4.90. The van der Waals surface area contributed by atoms with Gasteiger partial charge in [0.25, 0.3) is 5.91 Å². The second-order valence-electron chi connectivity index (χ2n) is 8.78. The lowest BCUT2D eigenvalue weighted by Crippen LogP contribution is -2.50. The average molecular weight is 461 g/mol. The van der Waals surface area contributed by atoms with Crippen LogP contribution in [-0.4, -0.2) is 55.3 Å². The van der Waals surface area contributed by atoms with Gasteiger partial charge in [-0.25, -0.2) is 9.18 Å². The molecule has 0 spiro atoms. The molecular formula is C27H25FN2O4. The molecule has 0 aromatic heterocycles. The van der Waals surface area contributed by atoms with Crippen LogP contribution in [0.2, 0.25) is 0 Å². The summed E-state index contributed by atoms with van der Waals surface area (Å²) in [5.41, 5.74) is 3.70. The Morgan fingerprint density at radius 1 is 0.941 bits per heavy atom. The van der Waals surface area contributed by atoms with Crippen LogP contribution >= 0.6 is 0 Å². The molecule has 2 aliphatic rings. The van der Waals surface area contributed by atoms with Gasteiger partial charge in [0.1, 0.15) is 5.82 Å². The van der Waals surface area contributed by atoms with Crippen molar-refractivity contribution in [1.82, 2.24) is 4.90 Å². The quantitative estimate of drug-likeness (QED) is 0.428. The fourth-order valence-corrected chi connectivity index (χ4v) is 4.90. The van der Waals surface area contributed by atoms with Crippen molar-refractivity contribution < 1.29 is 23.5 Å². The van der Waals surface area contributed by atoms with E-state index in [1.54, 1.807) is 23.1 Å². The van der Waals surface area contributed by atoms with E-state index < -0.39 is 11.8 Å². The predicted molar refractivity (Wildman–Crippen MR) is 127 cm³/mol. The number of piperazine rings is 1. The Hall–Kier alpha value is -3.74. The van der Waals surface area contributed by atoms with Crippen LogP contribution in [0.25, 0.3) is 10.8 Å². The first-order valence-electron chi connectivity index (χ1n) is 11.5. The Morgan fingerprint density at radius 2 is 1.68 bits per heavy atom. The first kappa shape index (κ1) is 22.1. The third-order valence-corrected chi connectivity index (χ3v) is 6.75. The van der Waals surface area contributed by atoms with Gasteiger partial charge in [-0.2, -0.15) is 0 Å². The summed E-state index contributed by atoms with van der Waals surface area (Å²) in [6.07, 6.45) is 1.95. The smallest absolute Gasteiger partial charge is 0.339 e. The van der Waals surface area contributed by atoms with Crippen molar-refractivity contribution in [3.8, 4) is 0 Å². The molecule has 0 bridgehead atoms. The number of ketones is 1. The van der Waals surface area contributed by atoms with E-state index in [1.165, 1.54) is 24.1 Å². The highest BCUT2D eigenvalue weighted by molar-refractivity contribution is 6.07. The van der Waals surface area contributed by atoms with Crippen LogP contribution in [-0.2, 0) is 22.4 Å². The zero-order valence-electron chi connectivity index (χ0n) is 19.0. The number of Topliss-reactive ketones (excluding diaryl/α,β-unsaturated/α-hetero) is 1. The first-order chi connectivity index (χ1) is 16.4. The highest BCUT2D eigenvalue weighted by Crippen LogP contribution is 2.33. The molecular weight excluding hydrogens is 435 g/mol. The van der Waals surface area contributed by atoms with Gasteiger partial charge in [0.05, 0.1) is 11.3 Å².